The predicted molar refractivity (Wildman–Crippen MR) is 144 cm³/mol. The van der Waals surface area contributed by atoms with Crippen LogP contribution in [0.3, 0.4) is 0 Å². The first kappa shape index (κ1) is 22.4. The second-order valence-corrected chi connectivity index (χ2v) is 9.73. The van der Waals surface area contributed by atoms with Crippen molar-refractivity contribution in [3.8, 4) is 5.69 Å². The molecular weight excluding hydrogens is 436 g/mol. The number of aromatic nitrogens is 2. The minimum absolute atomic E-state index is 0.0185. The van der Waals surface area contributed by atoms with Crippen LogP contribution in [0.2, 0.25) is 0 Å². The Bertz CT molecular complexity index is 1350. The first-order valence-corrected chi connectivity index (χ1v) is 12.1. The maximum absolute atomic E-state index is 5.91. The van der Waals surface area contributed by atoms with Crippen LogP contribution in [0.4, 0.5) is 5.69 Å². The van der Waals surface area contributed by atoms with Gasteiger partial charge in [0, 0.05) is 29.0 Å². The van der Waals surface area contributed by atoms with Gasteiger partial charge in [-0.3, -0.25) is 4.98 Å². The number of aryl methyl sites for hydroxylation is 4. The summed E-state index contributed by atoms with van der Waals surface area (Å²) in [6.07, 6.45) is 1.85. The van der Waals surface area contributed by atoms with E-state index >= 15 is 0 Å². The number of hydrogen-bond donors (Lipinski definition) is 1. The van der Waals surface area contributed by atoms with E-state index in [0.717, 1.165) is 16.5 Å². The third kappa shape index (κ3) is 3.90. The highest BCUT2D eigenvalue weighted by Crippen LogP contribution is 2.43. The van der Waals surface area contributed by atoms with Gasteiger partial charge < -0.3 is 14.8 Å². The van der Waals surface area contributed by atoms with Crippen molar-refractivity contribution in [2.45, 2.75) is 46.7 Å². The Kier molecular flexibility index (Phi) is 5.74. The molecule has 1 aliphatic heterocycles. The van der Waals surface area contributed by atoms with Crippen molar-refractivity contribution in [1.82, 2.24) is 14.9 Å². The number of anilines is 1. The molecule has 3 heterocycles. The minimum atomic E-state index is -0.0533. The van der Waals surface area contributed by atoms with Crippen molar-refractivity contribution < 1.29 is 0 Å². The molecule has 172 valence electrons. The lowest BCUT2D eigenvalue weighted by Crippen LogP contribution is -2.29. The van der Waals surface area contributed by atoms with Gasteiger partial charge >= 0.3 is 0 Å². The molecule has 1 fully saturated rings. The summed E-state index contributed by atoms with van der Waals surface area (Å²) < 4.78 is 2.36. The largest absolute Gasteiger partial charge is 0.351 e. The molecule has 2 atom stereocenters. The molecule has 0 amide bonds. The smallest absolute Gasteiger partial charge is 0.174 e. The average Bonchev–Trinajstić information content (AvgIpc) is 3.29. The quantitative estimate of drug-likeness (QED) is 0.344. The van der Waals surface area contributed by atoms with Crippen LogP contribution in [0.5, 0.6) is 0 Å². The fourth-order valence-electron chi connectivity index (χ4n) is 5.29. The van der Waals surface area contributed by atoms with E-state index in [1.807, 2.05) is 18.3 Å². The molecule has 0 bridgehead atoms. The molecule has 0 aliphatic carbocycles. The zero-order valence-corrected chi connectivity index (χ0v) is 21.1. The number of nitrogens with zero attached hydrogens (tertiary/aromatic N) is 3. The summed E-state index contributed by atoms with van der Waals surface area (Å²) in [5.41, 5.74) is 10.7. The lowest BCUT2D eigenvalue weighted by molar-refractivity contribution is 0.565. The van der Waals surface area contributed by atoms with Gasteiger partial charge in [0.25, 0.3) is 0 Å². The Balaban J connectivity index is 1.70. The van der Waals surface area contributed by atoms with Crippen molar-refractivity contribution in [2.24, 2.45) is 0 Å². The number of thiocarbonyl (C=S) groups is 1. The summed E-state index contributed by atoms with van der Waals surface area (Å²) >= 11 is 5.91. The van der Waals surface area contributed by atoms with Gasteiger partial charge in [-0.2, -0.15) is 0 Å². The normalized spacial score (nSPS) is 17.8. The lowest BCUT2D eigenvalue weighted by atomic mass is 9.96. The second-order valence-electron chi connectivity index (χ2n) is 9.34. The predicted octanol–water partition coefficient (Wildman–Crippen LogP) is 6.59. The second kappa shape index (κ2) is 8.73. The van der Waals surface area contributed by atoms with Crippen molar-refractivity contribution in [3.63, 3.8) is 0 Å². The van der Waals surface area contributed by atoms with Crippen molar-refractivity contribution in [2.75, 3.05) is 4.90 Å². The molecule has 0 radical (unpaired) electrons. The van der Waals surface area contributed by atoms with E-state index in [1.165, 1.54) is 39.3 Å². The van der Waals surface area contributed by atoms with Crippen molar-refractivity contribution in [1.29, 1.82) is 0 Å². The van der Waals surface area contributed by atoms with Crippen LogP contribution in [0.25, 0.3) is 5.69 Å². The van der Waals surface area contributed by atoms with E-state index in [9.17, 15) is 0 Å². The Morgan fingerprint density at radius 1 is 0.794 bits per heavy atom. The van der Waals surface area contributed by atoms with Crippen LogP contribution in [-0.2, 0) is 0 Å². The van der Waals surface area contributed by atoms with Crippen LogP contribution in [0.15, 0.2) is 72.9 Å². The van der Waals surface area contributed by atoms with Crippen LogP contribution in [0.1, 0.15) is 51.4 Å². The van der Waals surface area contributed by atoms with Gasteiger partial charge in [-0.25, -0.2) is 0 Å². The maximum Gasteiger partial charge on any atom is 0.174 e. The first-order chi connectivity index (χ1) is 16.3. The zero-order valence-electron chi connectivity index (χ0n) is 20.3. The van der Waals surface area contributed by atoms with Crippen LogP contribution in [0, 0.1) is 34.6 Å². The number of nitrogens with one attached hydrogen (secondary N) is 1. The minimum Gasteiger partial charge on any atom is -0.351 e. The van der Waals surface area contributed by atoms with E-state index in [2.05, 4.69) is 104 Å². The van der Waals surface area contributed by atoms with Gasteiger partial charge in [-0.1, -0.05) is 24.3 Å². The molecule has 2 aromatic heterocycles. The SMILES string of the molecule is Cc1cccc(N2C(=S)NC(c3ccccn3)C2c2cc(C)n(-c3cc(C)cc(C)c3)c2C)c1. The fraction of sp³-hybridized carbons (Fsp3) is 0.241. The van der Waals surface area contributed by atoms with Gasteiger partial charge in [-0.05, 0) is 112 Å². The molecule has 1 saturated heterocycles. The number of benzene rings is 2. The van der Waals surface area contributed by atoms with Crippen LogP contribution in [-0.4, -0.2) is 14.7 Å². The first-order valence-electron chi connectivity index (χ1n) is 11.7. The van der Waals surface area contributed by atoms with Gasteiger partial charge in [0.05, 0.1) is 17.8 Å². The maximum atomic E-state index is 5.91. The molecule has 1 N–H and O–H groups in total. The molecule has 0 spiro atoms. The average molecular weight is 467 g/mol. The molecule has 2 aromatic carbocycles. The van der Waals surface area contributed by atoms with Crippen molar-refractivity contribution in [3.05, 3.63) is 112 Å². The monoisotopic (exact) mass is 466 g/mol. The topological polar surface area (TPSA) is 33.1 Å². The molecule has 34 heavy (non-hydrogen) atoms. The molecule has 2 unspecified atom stereocenters. The zero-order chi connectivity index (χ0) is 24.0. The summed E-state index contributed by atoms with van der Waals surface area (Å²) in [5, 5.41) is 4.31. The van der Waals surface area contributed by atoms with E-state index in [0.29, 0.717) is 0 Å². The summed E-state index contributed by atoms with van der Waals surface area (Å²) in [5.74, 6) is 0. The van der Waals surface area contributed by atoms with Gasteiger partial charge in [-0.15, -0.1) is 0 Å². The molecule has 0 saturated carbocycles. The Morgan fingerprint density at radius 3 is 2.21 bits per heavy atom. The Hall–Kier alpha value is -3.44. The Labute approximate surface area is 207 Å². The lowest BCUT2D eigenvalue weighted by Gasteiger charge is -2.28. The number of hydrogen-bond acceptors (Lipinski definition) is 2. The molecule has 5 rings (SSSR count). The standard InChI is InChI=1S/C29H30N4S/c1-18-9-8-10-23(14-18)33-28(27(31-29(33)34)26-11-6-7-12-30-26)25-17-21(4)32(22(25)5)24-15-19(2)13-20(3)16-24/h6-17,27-28H,1-5H3,(H,31,34). The van der Waals surface area contributed by atoms with Crippen LogP contribution < -0.4 is 10.2 Å². The third-order valence-corrected chi connectivity index (χ3v) is 6.95. The Morgan fingerprint density at radius 2 is 1.53 bits per heavy atom. The summed E-state index contributed by atoms with van der Waals surface area (Å²) in [7, 11) is 0. The molecule has 5 heteroatoms. The van der Waals surface area contributed by atoms with E-state index in [-0.39, 0.29) is 12.1 Å². The van der Waals surface area contributed by atoms with E-state index in [1.54, 1.807) is 0 Å². The fourth-order valence-corrected chi connectivity index (χ4v) is 5.64. The molecule has 4 nitrogen and oxygen atoms in total. The summed E-state index contributed by atoms with van der Waals surface area (Å²) in [6, 6.07) is 23.6. The van der Waals surface area contributed by atoms with Gasteiger partial charge in [0.2, 0.25) is 0 Å². The number of rotatable bonds is 4. The molecular formula is C29H30N4S. The highest BCUT2D eigenvalue weighted by molar-refractivity contribution is 7.80. The summed E-state index contributed by atoms with van der Waals surface area (Å²) in [4.78, 5) is 6.96. The van der Waals surface area contributed by atoms with Gasteiger partial charge in [0.15, 0.2) is 5.11 Å². The summed E-state index contributed by atoms with van der Waals surface area (Å²) in [6.45, 7) is 10.8. The third-order valence-electron chi connectivity index (χ3n) is 6.63. The van der Waals surface area contributed by atoms with E-state index < -0.39 is 0 Å². The number of pyridine rings is 1. The van der Waals surface area contributed by atoms with E-state index in [4.69, 9.17) is 17.2 Å². The van der Waals surface area contributed by atoms with Crippen LogP contribution >= 0.6 is 12.2 Å². The molecule has 1 aliphatic rings. The highest BCUT2D eigenvalue weighted by atomic mass is 32.1. The molecule has 4 aromatic rings. The van der Waals surface area contributed by atoms with Crippen molar-refractivity contribution >= 4 is 23.0 Å². The van der Waals surface area contributed by atoms with Gasteiger partial charge in [0.1, 0.15) is 0 Å². The highest BCUT2D eigenvalue weighted by Gasteiger charge is 2.42.